The van der Waals surface area contributed by atoms with Gasteiger partial charge in [-0.15, -0.1) is 0 Å². The molecule has 1 fully saturated rings. The molecule has 0 saturated heterocycles. The van der Waals surface area contributed by atoms with Crippen molar-refractivity contribution in [2.75, 3.05) is 13.2 Å². The summed E-state index contributed by atoms with van der Waals surface area (Å²) in [5.74, 6) is -1.30. The molecule has 8 atom stereocenters. The lowest BCUT2D eigenvalue weighted by molar-refractivity contribution is -0.216. The summed E-state index contributed by atoms with van der Waals surface area (Å²) in [4.78, 5) is 54.2. The molecule has 376 valence electrons. The predicted molar refractivity (Wildman–Crippen MR) is 250 cm³/mol. The van der Waals surface area contributed by atoms with Gasteiger partial charge in [-0.25, -0.2) is 9.13 Å². The number of allylic oxidation sites excluding steroid dienone is 10. The summed E-state index contributed by atoms with van der Waals surface area (Å²) in [5, 5.41) is 41.2. The Morgan fingerprint density at radius 2 is 0.923 bits per heavy atom. The molecule has 0 heterocycles. The van der Waals surface area contributed by atoms with E-state index < -0.39 is 83.5 Å². The molecular formula is C47H82O16P2. The van der Waals surface area contributed by atoms with Gasteiger partial charge in [-0.05, 0) is 51.4 Å². The number of unbranched alkanes of at least 4 members (excludes halogenated alkanes) is 15. The Morgan fingerprint density at radius 1 is 0.492 bits per heavy atom. The van der Waals surface area contributed by atoms with E-state index in [1.165, 1.54) is 70.6 Å². The van der Waals surface area contributed by atoms with E-state index in [4.69, 9.17) is 28.3 Å². The number of carbonyl (C=O) groups excluding carboxylic acids is 2. The van der Waals surface area contributed by atoms with Crippen LogP contribution in [0, 0.1) is 0 Å². The molecule has 16 nitrogen and oxygen atoms in total. The van der Waals surface area contributed by atoms with Crippen LogP contribution < -0.4 is 0 Å². The Balaban J connectivity index is 2.65. The number of esters is 2. The second-order valence-electron chi connectivity index (χ2n) is 16.5. The van der Waals surface area contributed by atoms with Crippen molar-refractivity contribution >= 4 is 27.6 Å². The summed E-state index contributed by atoms with van der Waals surface area (Å²) >= 11 is 0. The van der Waals surface area contributed by atoms with E-state index in [-0.39, 0.29) is 12.8 Å². The van der Waals surface area contributed by atoms with Crippen LogP contribution in [0.4, 0.5) is 0 Å². The van der Waals surface area contributed by atoms with Gasteiger partial charge in [0.1, 0.15) is 43.2 Å². The average Bonchev–Trinajstić information content (AvgIpc) is 3.26. The lowest BCUT2D eigenvalue weighted by atomic mass is 9.85. The molecule has 1 aliphatic rings. The molecule has 0 aliphatic heterocycles. The Morgan fingerprint density at radius 3 is 1.42 bits per heavy atom. The zero-order chi connectivity index (χ0) is 48.2. The van der Waals surface area contributed by atoms with Gasteiger partial charge < -0.3 is 44.6 Å². The third-order valence-electron chi connectivity index (χ3n) is 10.6. The lowest BCUT2D eigenvalue weighted by Gasteiger charge is -2.43. The number of phosphoric ester groups is 2. The molecule has 0 spiro atoms. The van der Waals surface area contributed by atoms with Crippen molar-refractivity contribution in [2.24, 2.45) is 0 Å². The molecule has 0 amide bonds. The Labute approximate surface area is 388 Å². The largest absolute Gasteiger partial charge is 0.472 e. The van der Waals surface area contributed by atoms with E-state index in [9.17, 15) is 44.0 Å². The molecule has 8 unspecified atom stereocenters. The highest BCUT2D eigenvalue weighted by Gasteiger charge is 2.54. The van der Waals surface area contributed by atoms with Crippen molar-refractivity contribution in [3.8, 4) is 0 Å². The SMILES string of the molecule is CCCCCC=CCC=CCC=CCC=CCC=CCCC(=O)OC(COC(=O)CCCCCCCCCCCCCCC)COP(=O)(O)OC1C(O)C(O)C(O)C(OP(=O)(O)O)C1O. The number of aliphatic hydroxyl groups is 4. The first-order chi connectivity index (χ1) is 31.1. The van der Waals surface area contributed by atoms with Crippen LogP contribution in [0.3, 0.4) is 0 Å². The second-order valence-corrected chi connectivity index (χ2v) is 19.1. The molecule has 1 rings (SSSR count). The lowest BCUT2D eigenvalue weighted by Crippen LogP contribution is -2.64. The number of ether oxygens (including phenoxy) is 2. The second kappa shape index (κ2) is 37.7. The van der Waals surface area contributed by atoms with Gasteiger partial charge in [0.05, 0.1) is 6.61 Å². The smallest absolute Gasteiger partial charge is 0.462 e. The summed E-state index contributed by atoms with van der Waals surface area (Å²) in [6.07, 6.45) is 29.1. The summed E-state index contributed by atoms with van der Waals surface area (Å²) in [5.41, 5.74) is 0. The number of carbonyl (C=O) groups is 2. The molecule has 0 aromatic heterocycles. The van der Waals surface area contributed by atoms with Crippen LogP contribution in [0.2, 0.25) is 0 Å². The number of phosphoric acid groups is 2. The zero-order valence-electron chi connectivity index (χ0n) is 38.9. The van der Waals surface area contributed by atoms with Crippen LogP contribution in [0.1, 0.15) is 168 Å². The van der Waals surface area contributed by atoms with E-state index in [2.05, 4.69) is 54.8 Å². The third-order valence-corrected chi connectivity index (χ3v) is 12.1. The fourth-order valence-electron chi connectivity index (χ4n) is 6.89. The molecule has 1 aliphatic carbocycles. The van der Waals surface area contributed by atoms with Gasteiger partial charge in [-0.3, -0.25) is 23.2 Å². The molecule has 7 N–H and O–H groups in total. The molecule has 0 radical (unpaired) electrons. The Kier molecular flexibility index (Phi) is 35.2. The van der Waals surface area contributed by atoms with Crippen molar-refractivity contribution in [2.45, 2.75) is 211 Å². The summed E-state index contributed by atoms with van der Waals surface area (Å²) in [6.45, 7) is 3.02. The first-order valence-corrected chi connectivity index (χ1v) is 26.9. The number of hydrogen-bond acceptors (Lipinski definition) is 13. The van der Waals surface area contributed by atoms with Gasteiger partial charge in [0, 0.05) is 12.8 Å². The topological polar surface area (TPSA) is 256 Å². The standard InChI is InChI=1S/C47H82O16P2/c1-3-5-7-9-11-13-15-17-18-19-20-21-22-24-26-28-30-32-34-36-41(49)61-39(37-59-40(48)35-33-31-29-27-25-23-16-14-12-10-8-6-4-2)38-60-65(57,58)63-47-44(52)42(50)43(51)46(45(47)53)62-64(54,55)56/h11,13,17-18,20-21,24,26,30,32,39,42-47,50-53H,3-10,12,14-16,19,22-23,25,27-29,31,33-38H2,1-2H3,(H,57,58)(H2,54,55,56). The monoisotopic (exact) mass is 965 g/mol. The molecule has 18 heteroatoms. The molecular weight excluding hydrogens is 882 g/mol. The zero-order valence-corrected chi connectivity index (χ0v) is 40.7. The van der Waals surface area contributed by atoms with Gasteiger partial charge >= 0.3 is 27.6 Å². The minimum Gasteiger partial charge on any atom is -0.462 e. The fourth-order valence-corrected chi connectivity index (χ4v) is 8.43. The molecule has 0 aromatic rings. The maximum absolute atomic E-state index is 13.0. The fraction of sp³-hybridized carbons (Fsp3) is 0.745. The maximum atomic E-state index is 13.0. The summed E-state index contributed by atoms with van der Waals surface area (Å²) in [6, 6.07) is 0. The first kappa shape index (κ1) is 60.7. The minimum absolute atomic E-state index is 0.0799. The van der Waals surface area contributed by atoms with Gasteiger partial charge in [0.25, 0.3) is 0 Å². The quantitative estimate of drug-likeness (QED) is 0.0131. The van der Waals surface area contributed by atoms with E-state index in [1.54, 1.807) is 6.08 Å². The van der Waals surface area contributed by atoms with Gasteiger partial charge in [0.15, 0.2) is 6.10 Å². The summed E-state index contributed by atoms with van der Waals surface area (Å²) in [7, 11) is -10.7. The molecule has 1 saturated carbocycles. The van der Waals surface area contributed by atoms with Gasteiger partial charge in [-0.2, -0.15) is 0 Å². The Hall–Kier alpha value is -2.30. The van der Waals surface area contributed by atoms with Crippen LogP contribution in [-0.2, 0) is 41.8 Å². The van der Waals surface area contributed by atoms with Crippen molar-refractivity contribution < 1.29 is 76.9 Å². The van der Waals surface area contributed by atoms with Crippen molar-refractivity contribution in [1.82, 2.24) is 0 Å². The van der Waals surface area contributed by atoms with Crippen LogP contribution in [0.15, 0.2) is 60.8 Å². The van der Waals surface area contributed by atoms with Crippen molar-refractivity contribution in [1.29, 1.82) is 0 Å². The minimum atomic E-state index is -5.37. The highest BCUT2D eigenvalue weighted by molar-refractivity contribution is 7.47. The highest BCUT2D eigenvalue weighted by atomic mass is 31.2. The van der Waals surface area contributed by atoms with Crippen LogP contribution in [0.5, 0.6) is 0 Å². The average molecular weight is 965 g/mol. The molecule has 65 heavy (non-hydrogen) atoms. The van der Waals surface area contributed by atoms with E-state index in [1.807, 2.05) is 18.2 Å². The van der Waals surface area contributed by atoms with E-state index >= 15 is 0 Å². The molecule has 0 aromatic carbocycles. The van der Waals surface area contributed by atoms with Crippen molar-refractivity contribution in [3.63, 3.8) is 0 Å². The first-order valence-electron chi connectivity index (χ1n) is 23.8. The summed E-state index contributed by atoms with van der Waals surface area (Å²) < 4.78 is 49.3. The third kappa shape index (κ3) is 32.2. The van der Waals surface area contributed by atoms with Gasteiger partial charge in [-0.1, -0.05) is 164 Å². The van der Waals surface area contributed by atoms with Crippen LogP contribution in [0.25, 0.3) is 0 Å². The number of hydrogen-bond donors (Lipinski definition) is 7. The van der Waals surface area contributed by atoms with Crippen LogP contribution in [-0.4, -0.2) is 103 Å². The molecule has 0 bridgehead atoms. The van der Waals surface area contributed by atoms with E-state index in [0.29, 0.717) is 19.3 Å². The van der Waals surface area contributed by atoms with Crippen molar-refractivity contribution in [3.05, 3.63) is 60.8 Å². The maximum Gasteiger partial charge on any atom is 0.472 e. The van der Waals surface area contributed by atoms with Crippen LogP contribution >= 0.6 is 15.6 Å². The van der Waals surface area contributed by atoms with E-state index in [0.717, 1.165) is 51.4 Å². The number of rotatable bonds is 39. The predicted octanol–water partition coefficient (Wildman–Crippen LogP) is 9.06. The highest BCUT2D eigenvalue weighted by Crippen LogP contribution is 2.49. The normalized spacial score (nSPS) is 22.2. The number of aliphatic hydroxyl groups excluding tert-OH is 4. The van der Waals surface area contributed by atoms with Gasteiger partial charge in [0.2, 0.25) is 0 Å². The Bertz CT molecular complexity index is 1490.